The lowest BCUT2D eigenvalue weighted by Gasteiger charge is -2.26. The van der Waals surface area contributed by atoms with Crippen molar-refractivity contribution in [1.82, 2.24) is 0 Å². The van der Waals surface area contributed by atoms with Crippen molar-refractivity contribution in [3.05, 3.63) is 24.3 Å². The molecule has 0 aromatic heterocycles. The second-order valence-corrected chi connectivity index (χ2v) is 4.73. The topological polar surface area (TPSA) is 16.6 Å². The lowest BCUT2D eigenvalue weighted by atomic mass is 9.84. The molecule has 1 heterocycles. The Morgan fingerprint density at radius 3 is 2.08 bits per heavy atom. The molecule has 0 bridgehead atoms. The van der Waals surface area contributed by atoms with Crippen LogP contribution in [0.3, 0.4) is 0 Å². The molecule has 1 heteroatoms. The highest BCUT2D eigenvalue weighted by Crippen LogP contribution is 2.26. The molecule has 0 aliphatic carbocycles. The van der Waals surface area contributed by atoms with Crippen LogP contribution >= 0.6 is 0 Å². The van der Waals surface area contributed by atoms with Gasteiger partial charge in [-0.2, -0.15) is 0 Å². The molecule has 1 nitrogen and oxygen atoms in total. The largest absolute Gasteiger partial charge is 0.341 e. The maximum absolute atomic E-state index is 4.02. The second kappa shape index (κ2) is 4.10. The number of hydrogen-bond acceptors (Lipinski definition) is 0. The quantitative estimate of drug-likeness (QED) is 0.637. The van der Waals surface area contributed by atoms with E-state index in [9.17, 15) is 0 Å². The first-order chi connectivity index (χ1) is 6.04. The van der Waals surface area contributed by atoms with Crippen LogP contribution in [0.25, 0.3) is 0 Å². The van der Waals surface area contributed by atoms with E-state index < -0.39 is 0 Å². The van der Waals surface area contributed by atoms with Crippen molar-refractivity contribution in [1.29, 1.82) is 0 Å². The van der Waals surface area contributed by atoms with Crippen LogP contribution in [0.5, 0.6) is 0 Å². The Balaban J connectivity index is 2.62. The van der Waals surface area contributed by atoms with Gasteiger partial charge in [-0.25, -0.2) is 0 Å². The lowest BCUT2D eigenvalue weighted by Crippen LogP contribution is -2.93. The van der Waals surface area contributed by atoms with Crippen molar-refractivity contribution in [2.75, 3.05) is 6.54 Å². The molecule has 2 N–H and O–H groups in total. The van der Waals surface area contributed by atoms with Gasteiger partial charge in [-0.3, -0.25) is 0 Å². The molecule has 74 valence electrons. The summed E-state index contributed by atoms with van der Waals surface area (Å²) in [6, 6.07) is 0. The summed E-state index contributed by atoms with van der Waals surface area (Å²) in [5.41, 5.74) is 3.02. The van der Waals surface area contributed by atoms with E-state index in [0.29, 0.717) is 5.54 Å². The summed E-state index contributed by atoms with van der Waals surface area (Å²) in [5.74, 6) is 0. The van der Waals surface area contributed by atoms with E-state index in [-0.39, 0.29) is 0 Å². The van der Waals surface area contributed by atoms with Crippen LogP contribution in [-0.2, 0) is 0 Å². The van der Waals surface area contributed by atoms with E-state index in [1.54, 1.807) is 0 Å². The van der Waals surface area contributed by atoms with Gasteiger partial charge in [-0.1, -0.05) is 24.3 Å². The maximum Gasteiger partial charge on any atom is 0.104 e. The van der Waals surface area contributed by atoms with Crippen molar-refractivity contribution >= 4 is 0 Å². The summed E-state index contributed by atoms with van der Waals surface area (Å²) >= 11 is 0. The van der Waals surface area contributed by atoms with Gasteiger partial charge in [-0.15, -0.1) is 0 Å². The van der Waals surface area contributed by atoms with Gasteiger partial charge >= 0.3 is 0 Å². The van der Waals surface area contributed by atoms with Crippen LogP contribution in [-0.4, -0.2) is 12.1 Å². The third-order valence-corrected chi connectivity index (χ3v) is 2.76. The summed E-state index contributed by atoms with van der Waals surface area (Å²) in [5, 5.41) is 2.50. The first-order valence-corrected chi connectivity index (χ1v) is 5.17. The van der Waals surface area contributed by atoms with E-state index >= 15 is 0 Å². The average Bonchev–Trinajstić information content (AvgIpc) is 2.33. The number of hydrogen-bond donors (Lipinski definition) is 1. The fourth-order valence-electron chi connectivity index (χ4n) is 2.55. The fourth-order valence-corrected chi connectivity index (χ4v) is 2.55. The molecule has 0 radical (unpaired) electrons. The average molecular weight is 180 g/mol. The highest BCUT2D eigenvalue weighted by molar-refractivity contribution is 5.05. The molecule has 0 saturated carbocycles. The standard InChI is InChI=1S/C12H21N/c1-10(2)8-12(9-11(3)4)6-5-7-13-12/h13H,1,3,5-9H2,2,4H3/p+1. The molecule has 0 atom stereocenters. The van der Waals surface area contributed by atoms with Crippen molar-refractivity contribution in [3.8, 4) is 0 Å². The summed E-state index contributed by atoms with van der Waals surface area (Å²) in [6.45, 7) is 13.6. The molecule has 0 aromatic rings. The van der Waals surface area contributed by atoms with Gasteiger partial charge in [0.05, 0.1) is 6.54 Å². The number of quaternary nitrogens is 1. The van der Waals surface area contributed by atoms with Gasteiger partial charge in [-0.05, 0) is 13.8 Å². The van der Waals surface area contributed by atoms with E-state index in [4.69, 9.17) is 0 Å². The van der Waals surface area contributed by atoms with Crippen LogP contribution in [0.1, 0.15) is 39.5 Å². The lowest BCUT2D eigenvalue weighted by molar-refractivity contribution is -0.707. The molecular formula is C12H22N+. The predicted octanol–water partition coefficient (Wildman–Crippen LogP) is 2.01. The van der Waals surface area contributed by atoms with Gasteiger partial charge in [0, 0.05) is 25.7 Å². The van der Waals surface area contributed by atoms with Crippen LogP contribution < -0.4 is 5.32 Å². The summed E-state index contributed by atoms with van der Waals surface area (Å²) in [6.07, 6.45) is 4.98. The molecule has 1 aliphatic rings. The molecule has 13 heavy (non-hydrogen) atoms. The minimum Gasteiger partial charge on any atom is -0.341 e. The van der Waals surface area contributed by atoms with Gasteiger partial charge in [0.25, 0.3) is 0 Å². The highest BCUT2D eigenvalue weighted by Gasteiger charge is 2.37. The third kappa shape index (κ3) is 3.00. The fraction of sp³-hybridized carbons (Fsp3) is 0.667. The maximum atomic E-state index is 4.02. The van der Waals surface area contributed by atoms with Crippen molar-refractivity contribution in [3.63, 3.8) is 0 Å². The second-order valence-electron chi connectivity index (χ2n) is 4.73. The summed E-state index contributed by atoms with van der Waals surface area (Å²) < 4.78 is 0. The molecule has 0 aromatic carbocycles. The predicted molar refractivity (Wildman–Crippen MR) is 57.6 cm³/mol. The Kier molecular flexibility index (Phi) is 3.32. The molecule has 1 aliphatic heterocycles. The van der Waals surface area contributed by atoms with E-state index in [0.717, 1.165) is 12.8 Å². The number of rotatable bonds is 4. The zero-order valence-electron chi connectivity index (χ0n) is 9.03. The van der Waals surface area contributed by atoms with Gasteiger partial charge in [0.15, 0.2) is 0 Å². The summed E-state index contributed by atoms with van der Waals surface area (Å²) in [4.78, 5) is 0. The van der Waals surface area contributed by atoms with Crippen LogP contribution in [0.4, 0.5) is 0 Å². The Bertz CT molecular complexity index is 191. The molecule has 0 amide bonds. The van der Waals surface area contributed by atoms with E-state index in [1.165, 1.54) is 30.5 Å². The molecule has 1 saturated heterocycles. The van der Waals surface area contributed by atoms with Crippen LogP contribution in [0.2, 0.25) is 0 Å². The van der Waals surface area contributed by atoms with Gasteiger partial charge < -0.3 is 5.32 Å². The van der Waals surface area contributed by atoms with E-state index in [1.807, 2.05) is 0 Å². The molecule has 1 rings (SSSR count). The van der Waals surface area contributed by atoms with Crippen LogP contribution in [0, 0.1) is 0 Å². The van der Waals surface area contributed by atoms with Crippen molar-refractivity contribution in [2.24, 2.45) is 0 Å². The first kappa shape index (κ1) is 10.5. The van der Waals surface area contributed by atoms with Crippen molar-refractivity contribution in [2.45, 2.75) is 45.1 Å². The Hall–Kier alpha value is -0.560. The van der Waals surface area contributed by atoms with E-state index in [2.05, 4.69) is 32.3 Å². The third-order valence-electron chi connectivity index (χ3n) is 2.76. The molecule has 0 unspecified atom stereocenters. The Labute approximate surface area is 81.9 Å². The Morgan fingerprint density at radius 1 is 1.23 bits per heavy atom. The normalized spacial score (nSPS) is 20.2. The zero-order chi connectivity index (χ0) is 9.90. The Morgan fingerprint density at radius 2 is 1.77 bits per heavy atom. The molecular weight excluding hydrogens is 158 g/mol. The monoisotopic (exact) mass is 180 g/mol. The zero-order valence-corrected chi connectivity index (χ0v) is 9.03. The molecule has 1 fully saturated rings. The smallest absolute Gasteiger partial charge is 0.104 e. The summed E-state index contributed by atoms with van der Waals surface area (Å²) in [7, 11) is 0. The number of nitrogens with two attached hydrogens (primary N) is 1. The van der Waals surface area contributed by atoms with Crippen LogP contribution in [0.15, 0.2) is 24.3 Å². The highest BCUT2D eigenvalue weighted by atomic mass is 15.0. The van der Waals surface area contributed by atoms with Gasteiger partial charge in [0.1, 0.15) is 5.54 Å². The molecule has 0 spiro atoms. The van der Waals surface area contributed by atoms with Gasteiger partial charge in [0.2, 0.25) is 0 Å². The van der Waals surface area contributed by atoms with Crippen molar-refractivity contribution < 1.29 is 5.32 Å². The first-order valence-electron chi connectivity index (χ1n) is 5.17. The SMILES string of the molecule is C=C(C)CC1(CC(=C)C)CCC[NH2+]1. The minimum atomic E-state index is 0.414. The minimum absolute atomic E-state index is 0.414.